The Morgan fingerprint density at radius 2 is 1.89 bits per heavy atom. The van der Waals surface area contributed by atoms with Crippen LogP contribution < -0.4 is 14.9 Å². The number of benzene rings is 1. The fourth-order valence-electron chi connectivity index (χ4n) is 2.24. The molecule has 0 aromatic heterocycles. The average molecular weight is 283 g/mol. The van der Waals surface area contributed by atoms with Crippen LogP contribution in [0.2, 0.25) is 0 Å². The number of rotatable bonds is 6. The van der Waals surface area contributed by atoms with E-state index in [1.807, 2.05) is 12.1 Å². The predicted molar refractivity (Wildman–Crippen MR) is 77.0 cm³/mol. The van der Waals surface area contributed by atoms with E-state index >= 15 is 0 Å². The Kier molecular flexibility index (Phi) is 4.44. The summed E-state index contributed by atoms with van der Waals surface area (Å²) in [4.78, 5) is 2.61. The lowest BCUT2D eigenvalue weighted by Crippen LogP contribution is -2.57. The summed E-state index contributed by atoms with van der Waals surface area (Å²) in [5, 5.41) is 3.25. The monoisotopic (exact) mass is 283 g/mol. The molecule has 5 nitrogen and oxygen atoms in total. The van der Waals surface area contributed by atoms with Crippen molar-refractivity contribution in [1.29, 1.82) is 0 Å². The molecule has 1 aliphatic heterocycles. The molecule has 1 heterocycles. The largest absolute Gasteiger partial charge is 0.366 e. The highest BCUT2D eigenvalue weighted by Crippen LogP contribution is 2.21. The first-order chi connectivity index (χ1) is 9.08. The Morgan fingerprint density at radius 3 is 2.32 bits per heavy atom. The number of hydrogen-bond donors (Lipinski definition) is 2. The zero-order valence-corrected chi connectivity index (χ0v) is 12.2. The topological polar surface area (TPSA) is 61.4 Å². The van der Waals surface area contributed by atoms with E-state index in [1.54, 1.807) is 19.1 Å². The molecule has 0 radical (unpaired) electrons. The molecule has 1 saturated heterocycles. The lowest BCUT2D eigenvalue weighted by Gasteiger charge is -2.39. The third-order valence-corrected chi connectivity index (χ3v) is 4.92. The van der Waals surface area contributed by atoms with Crippen molar-refractivity contribution in [2.24, 2.45) is 0 Å². The summed E-state index contributed by atoms with van der Waals surface area (Å²) in [6.45, 7) is 7.19. The van der Waals surface area contributed by atoms with Crippen molar-refractivity contribution in [3.05, 3.63) is 24.3 Å². The van der Waals surface area contributed by atoms with Crippen LogP contribution in [0.1, 0.15) is 13.8 Å². The Morgan fingerprint density at radius 1 is 1.26 bits per heavy atom. The number of likely N-dealkylation sites (N-methyl/N-ethyl adjacent to an activating group) is 1. The predicted octanol–water partition coefficient (Wildman–Crippen LogP) is 0.783. The first-order valence-corrected chi connectivity index (χ1v) is 8.14. The summed E-state index contributed by atoms with van der Waals surface area (Å²) < 4.78 is 26.2. The summed E-state index contributed by atoms with van der Waals surface area (Å²) in [5.41, 5.74) is 1.07. The van der Waals surface area contributed by atoms with Crippen molar-refractivity contribution in [1.82, 2.24) is 10.0 Å². The van der Waals surface area contributed by atoms with Gasteiger partial charge in [0.15, 0.2) is 0 Å². The molecule has 106 valence electrons. The summed E-state index contributed by atoms with van der Waals surface area (Å²) in [6, 6.07) is 7.61. The lowest BCUT2D eigenvalue weighted by atomic mass is 10.1. The van der Waals surface area contributed by atoms with E-state index < -0.39 is 10.0 Å². The molecule has 0 aliphatic carbocycles. The quantitative estimate of drug-likeness (QED) is 0.810. The maximum atomic E-state index is 11.8. The normalized spacial score (nSPS) is 16.1. The molecule has 0 unspecified atom stereocenters. The van der Waals surface area contributed by atoms with Crippen LogP contribution in [0.3, 0.4) is 0 Å². The van der Waals surface area contributed by atoms with Gasteiger partial charge in [-0.25, -0.2) is 13.1 Å². The van der Waals surface area contributed by atoms with Gasteiger partial charge >= 0.3 is 0 Å². The van der Waals surface area contributed by atoms with E-state index in [0.717, 1.165) is 25.3 Å². The minimum Gasteiger partial charge on any atom is -0.366 e. The van der Waals surface area contributed by atoms with Crippen molar-refractivity contribution in [2.75, 3.05) is 31.1 Å². The number of anilines is 1. The second-order valence-corrected chi connectivity index (χ2v) is 6.36. The average Bonchev–Trinajstić information content (AvgIpc) is 2.33. The van der Waals surface area contributed by atoms with Gasteiger partial charge in [-0.1, -0.05) is 6.92 Å². The van der Waals surface area contributed by atoms with Gasteiger partial charge in [-0.3, -0.25) is 0 Å². The van der Waals surface area contributed by atoms with Gasteiger partial charge in [-0.05, 0) is 31.2 Å². The van der Waals surface area contributed by atoms with E-state index in [9.17, 15) is 8.42 Å². The number of sulfonamides is 1. The maximum absolute atomic E-state index is 11.8. The fraction of sp³-hybridized carbons (Fsp3) is 0.538. The number of hydrogen-bond acceptors (Lipinski definition) is 4. The van der Waals surface area contributed by atoms with Crippen molar-refractivity contribution < 1.29 is 8.42 Å². The summed E-state index contributed by atoms with van der Waals surface area (Å²) in [7, 11) is -3.35. The van der Waals surface area contributed by atoms with E-state index in [1.165, 1.54) is 0 Å². The SMILES string of the molecule is CCNS(=O)(=O)c1ccc(N(CC)C2CNC2)cc1. The zero-order valence-electron chi connectivity index (χ0n) is 11.4. The molecule has 1 aromatic carbocycles. The van der Waals surface area contributed by atoms with Gasteiger partial charge < -0.3 is 10.2 Å². The minimum absolute atomic E-state index is 0.320. The molecule has 2 rings (SSSR count). The van der Waals surface area contributed by atoms with Crippen LogP contribution in [0.15, 0.2) is 29.2 Å². The van der Waals surface area contributed by atoms with Crippen molar-refractivity contribution in [3.8, 4) is 0 Å². The third kappa shape index (κ3) is 3.08. The molecule has 1 fully saturated rings. The first kappa shape index (κ1) is 14.3. The number of nitrogens with one attached hydrogen (secondary N) is 2. The molecule has 19 heavy (non-hydrogen) atoms. The minimum atomic E-state index is -3.35. The van der Waals surface area contributed by atoms with Crippen LogP contribution in [0.25, 0.3) is 0 Å². The summed E-state index contributed by atoms with van der Waals surface area (Å²) in [5.74, 6) is 0. The van der Waals surface area contributed by atoms with Crippen LogP contribution in [0.5, 0.6) is 0 Å². The molecule has 6 heteroatoms. The highest BCUT2D eigenvalue weighted by Gasteiger charge is 2.23. The zero-order chi connectivity index (χ0) is 13.9. The van der Waals surface area contributed by atoms with Gasteiger partial charge in [-0.15, -0.1) is 0 Å². The Balaban J connectivity index is 2.17. The molecule has 0 atom stereocenters. The highest BCUT2D eigenvalue weighted by atomic mass is 32.2. The van der Waals surface area contributed by atoms with Gasteiger partial charge in [-0.2, -0.15) is 0 Å². The van der Waals surface area contributed by atoms with E-state index in [-0.39, 0.29) is 0 Å². The third-order valence-electron chi connectivity index (χ3n) is 3.35. The highest BCUT2D eigenvalue weighted by molar-refractivity contribution is 7.89. The smallest absolute Gasteiger partial charge is 0.240 e. The van der Waals surface area contributed by atoms with E-state index in [0.29, 0.717) is 17.5 Å². The van der Waals surface area contributed by atoms with Crippen molar-refractivity contribution in [3.63, 3.8) is 0 Å². The summed E-state index contributed by atoms with van der Waals surface area (Å²) in [6.07, 6.45) is 0. The van der Waals surface area contributed by atoms with Gasteiger partial charge in [0.1, 0.15) is 0 Å². The van der Waals surface area contributed by atoms with Crippen LogP contribution in [-0.4, -0.2) is 40.6 Å². The Hall–Kier alpha value is -1.11. The van der Waals surface area contributed by atoms with Crippen molar-refractivity contribution >= 4 is 15.7 Å². The summed E-state index contributed by atoms with van der Waals surface area (Å²) >= 11 is 0. The lowest BCUT2D eigenvalue weighted by molar-refractivity contribution is 0.417. The number of nitrogens with zero attached hydrogens (tertiary/aromatic N) is 1. The standard InChI is InChI=1S/C13H21N3O2S/c1-3-15-19(17,18)13-7-5-11(6-8-13)16(4-2)12-9-14-10-12/h5-8,12,14-15H,3-4,9-10H2,1-2H3. The van der Waals surface area contributed by atoms with Gasteiger partial charge in [0.25, 0.3) is 0 Å². The molecule has 1 aliphatic rings. The van der Waals surface area contributed by atoms with Gasteiger partial charge in [0.2, 0.25) is 10.0 Å². The first-order valence-electron chi connectivity index (χ1n) is 6.65. The molecular formula is C13H21N3O2S. The molecule has 1 aromatic rings. The van der Waals surface area contributed by atoms with Crippen LogP contribution in [-0.2, 0) is 10.0 Å². The molecule has 0 bridgehead atoms. The van der Waals surface area contributed by atoms with E-state index in [4.69, 9.17) is 0 Å². The van der Waals surface area contributed by atoms with E-state index in [2.05, 4.69) is 21.9 Å². The Labute approximate surface area is 115 Å². The molecule has 0 spiro atoms. The Bertz CT molecular complexity index is 509. The molecule has 2 N–H and O–H groups in total. The molecule has 0 saturated carbocycles. The fourth-order valence-corrected chi connectivity index (χ4v) is 3.28. The van der Waals surface area contributed by atoms with Crippen LogP contribution in [0, 0.1) is 0 Å². The second-order valence-electron chi connectivity index (χ2n) is 4.59. The van der Waals surface area contributed by atoms with Crippen LogP contribution >= 0.6 is 0 Å². The van der Waals surface area contributed by atoms with Crippen molar-refractivity contribution in [2.45, 2.75) is 24.8 Å². The van der Waals surface area contributed by atoms with Gasteiger partial charge in [0.05, 0.1) is 10.9 Å². The molecular weight excluding hydrogens is 262 g/mol. The van der Waals surface area contributed by atoms with Crippen LogP contribution in [0.4, 0.5) is 5.69 Å². The second kappa shape index (κ2) is 5.90. The maximum Gasteiger partial charge on any atom is 0.240 e. The van der Waals surface area contributed by atoms with Gasteiger partial charge in [0, 0.05) is 31.9 Å². The molecule has 0 amide bonds.